The van der Waals surface area contributed by atoms with Crippen LogP contribution in [0.2, 0.25) is 10.3 Å². The van der Waals surface area contributed by atoms with E-state index in [1.807, 2.05) is 42.6 Å². The van der Waals surface area contributed by atoms with Crippen LogP contribution in [0.4, 0.5) is 0 Å². The largest absolute Gasteiger partial charge is 0.0622 e. The molecule has 14 aromatic rings. The van der Waals surface area contributed by atoms with Crippen LogP contribution in [-0.4, -0.2) is 56.3 Å². The maximum atomic E-state index is 8.86. The van der Waals surface area contributed by atoms with Crippen molar-refractivity contribution in [1.29, 1.82) is 0 Å². The van der Waals surface area contributed by atoms with Gasteiger partial charge in [0.25, 0.3) is 0 Å². The maximum absolute atomic E-state index is 8.86. The van der Waals surface area contributed by atoms with E-state index in [1.54, 1.807) is 57.2 Å². The number of imidazole rings is 2. The molecule has 8 aromatic heterocycles. The van der Waals surface area contributed by atoms with Crippen LogP contribution in [0.5, 0.6) is 0 Å². The van der Waals surface area contributed by atoms with E-state index in [4.69, 9.17) is 52.3 Å². The van der Waals surface area contributed by atoms with Gasteiger partial charge in [-0.2, -0.15) is 10.2 Å². The van der Waals surface area contributed by atoms with Gasteiger partial charge in [0.05, 0.1) is 17.3 Å². The second-order valence-electron chi connectivity index (χ2n) is 17.2. The molecule has 0 radical (unpaired) electrons. The number of halogens is 5. The molecule has 0 aliphatic heterocycles. The van der Waals surface area contributed by atoms with Crippen LogP contribution in [0.3, 0.4) is 0 Å². The fourth-order valence-electron chi connectivity index (χ4n) is 8.22. The van der Waals surface area contributed by atoms with Gasteiger partial charge < -0.3 is 10.0 Å². The summed E-state index contributed by atoms with van der Waals surface area (Å²) < 4.78 is 4.94. The summed E-state index contributed by atoms with van der Waals surface area (Å²) in [7, 11) is 7.35. The zero-order valence-corrected chi connectivity index (χ0v) is 53.5. The molecule has 6 aromatic carbocycles. The SMILES string of the molecule is Clc1ccc2ncc(-c3cc4cccnc4s3)n2n1.Clc1ccc2ncc(I)n2n1.OB(O)c1cc2cccnc2s1.[Cl][Pd][Cl].c1ccc(P(c2ccccc2)c2ccccc2)cc1.c1ccc(P(c2ccccc2)c2ccccc2)cc1. The third-order valence-electron chi connectivity index (χ3n) is 11.8. The minimum atomic E-state index is -1.39. The van der Waals surface area contributed by atoms with Crippen LogP contribution in [0.25, 0.3) is 42.3 Å². The van der Waals surface area contributed by atoms with Gasteiger partial charge in [-0.15, -0.1) is 22.7 Å². The van der Waals surface area contributed by atoms with E-state index in [-0.39, 0.29) is 15.9 Å². The smallest absolute Gasteiger partial charge is 0.0134 e. The first-order valence-corrected chi connectivity index (χ1v) is 35.3. The van der Waals surface area contributed by atoms with Gasteiger partial charge in [-0.05, 0) is 119 Å². The van der Waals surface area contributed by atoms with Crippen molar-refractivity contribution < 1.29 is 26.0 Å². The Kier molecular flexibility index (Phi) is 23.7. The van der Waals surface area contributed by atoms with Gasteiger partial charge in [-0.25, -0.2) is 29.0 Å². The van der Waals surface area contributed by atoms with Gasteiger partial charge in [0, 0.05) is 27.9 Å². The summed E-state index contributed by atoms with van der Waals surface area (Å²) in [6, 6.07) is 83.3. The van der Waals surface area contributed by atoms with Crippen molar-refractivity contribution in [2.24, 2.45) is 0 Å². The van der Waals surface area contributed by atoms with Crippen molar-refractivity contribution in [3.8, 4) is 10.6 Å². The van der Waals surface area contributed by atoms with Crippen molar-refractivity contribution in [3.63, 3.8) is 0 Å². The Bertz CT molecular complexity index is 3860. The number of hydrogen-bond donors (Lipinski definition) is 2. The molecule has 0 saturated carbocycles. The van der Waals surface area contributed by atoms with Gasteiger partial charge in [-0.3, -0.25) is 0 Å². The van der Waals surface area contributed by atoms with E-state index in [0.717, 1.165) is 46.0 Å². The predicted octanol–water partition coefficient (Wildman–Crippen LogP) is 13.9. The standard InChI is InChI=1S/2C18H15P.C13H7ClN4S.C7H6BNO2S.C6H3ClIN3.2ClH.Pd/c2*1-4-10-16(11-5-1)19(17-12-6-2-7-13-17)18-14-8-3-9-15-18;14-11-3-4-12-16-7-9(18(12)17-11)10-6-8-2-1-5-15-13(8)19-10;10-8(11)6-4-5-2-1-3-9-7(5)12-6;7-4-1-2-6-9-3-5(8)11(6)10-4;;;/h2*1-15H;1-7H;1-4,10-11H;1-3H;2*1H;/q;;;;;;;+2/p-2. The first-order valence-electron chi connectivity index (χ1n) is 25.1. The molecule has 0 amide bonds. The predicted molar refractivity (Wildman–Crippen MR) is 359 cm³/mol. The van der Waals surface area contributed by atoms with E-state index in [0.29, 0.717) is 15.1 Å². The van der Waals surface area contributed by atoms with Gasteiger partial charge in [0.15, 0.2) is 11.3 Å². The van der Waals surface area contributed by atoms with Crippen LogP contribution >= 0.6 is 103 Å². The van der Waals surface area contributed by atoms with E-state index in [1.165, 1.54) is 43.2 Å². The van der Waals surface area contributed by atoms with E-state index in [9.17, 15) is 0 Å². The number of aromatic nitrogens is 8. The maximum Gasteiger partial charge on any atom is -0.0134 e. The fourth-order valence-corrected chi connectivity index (χ4v) is 15.5. The molecule has 0 fully saturated rings. The molecule has 14 rings (SSSR count). The number of rotatable bonds is 8. The van der Waals surface area contributed by atoms with Crippen LogP contribution in [0.15, 0.2) is 267 Å². The monoisotopic (exact) mass is 1440 g/mol. The first-order chi connectivity index (χ1) is 40.7. The number of hydrogen-bond acceptors (Lipinski definition) is 10. The Hall–Kier alpha value is -5.82. The summed E-state index contributed by atoms with van der Waals surface area (Å²) in [6.07, 6.45) is 7.04. The Balaban J connectivity index is 0.000000125. The van der Waals surface area contributed by atoms with E-state index in [2.05, 4.69) is 241 Å². The molecule has 21 heteroatoms. The van der Waals surface area contributed by atoms with Crippen molar-refractivity contribution in [3.05, 3.63) is 281 Å². The second kappa shape index (κ2) is 31.9. The number of fused-ring (bicyclic) bond motifs is 4. The quantitative estimate of drug-likeness (QED) is 0.0875. The van der Waals surface area contributed by atoms with Gasteiger partial charge in [-0.1, -0.05) is 217 Å². The Morgan fingerprint density at radius 1 is 0.434 bits per heavy atom. The van der Waals surface area contributed by atoms with Crippen LogP contribution in [0.1, 0.15) is 0 Å². The normalized spacial score (nSPS) is 10.7. The third-order valence-corrected chi connectivity index (χ3v) is 20.0. The Labute approximate surface area is 530 Å². The first kappa shape index (κ1) is 61.7. The van der Waals surface area contributed by atoms with Crippen molar-refractivity contribution in [1.82, 2.24) is 39.2 Å². The third kappa shape index (κ3) is 17.2. The molecule has 10 nitrogen and oxygen atoms in total. The van der Waals surface area contributed by atoms with E-state index < -0.39 is 23.0 Å². The molecule has 0 spiro atoms. The molecular weight excluding hydrogens is 1400 g/mol. The average Bonchev–Trinajstić information content (AvgIpc) is 4.50. The zero-order chi connectivity index (χ0) is 57.8. The summed E-state index contributed by atoms with van der Waals surface area (Å²) in [6.45, 7) is 0. The molecule has 2 N–H and O–H groups in total. The molecule has 416 valence electrons. The molecule has 0 atom stereocenters. The van der Waals surface area contributed by atoms with Crippen LogP contribution in [-0.2, 0) is 15.9 Å². The Morgan fingerprint density at radius 2 is 0.795 bits per heavy atom. The summed E-state index contributed by atoms with van der Waals surface area (Å²) in [4.78, 5) is 19.8. The number of benzene rings is 6. The van der Waals surface area contributed by atoms with Crippen LogP contribution < -0.4 is 36.6 Å². The summed E-state index contributed by atoms with van der Waals surface area (Å²) >= 11 is 16.6. The summed E-state index contributed by atoms with van der Waals surface area (Å²) in [5.41, 5.74) is 2.53. The topological polar surface area (TPSA) is 127 Å². The van der Waals surface area contributed by atoms with E-state index >= 15 is 0 Å². The second-order valence-corrected chi connectivity index (χ2v) is 28.0. The average molecular weight is 1450 g/mol. The molecule has 83 heavy (non-hydrogen) atoms. The minimum Gasteiger partial charge on any atom is -0.0622 e. The molecule has 0 bridgehead atoms. The number of thiophene rings is 2. The molecule has 0 aliphatic rings. The summed E-state index contributed by atoms with van der Waals surface area (Å²) in [5, 5.41) is 37.5. The molecule has 0 unspecified atom stereocenters. The molecular formula is C62H46BCl4IN8O2P2PdS2. The zero-order valence-electron chi connectivity index (χ0n) is 43.4. The van der Waals surface area contributed by atoms with Crippen LogP contribution in [0, 0.1) is 3.70 Å². The van der Waals surface area contributed by atoms with Crippen molar-refractivity contribution >= 4 is 179 Å². The van der Waals surface area contributed by atoms with Gasteiger partial charge in [0.2, 0.25) is 0 Å². The van der Waals surface area contributed by atoms with Crippen molar-refractivity contribution in [2.75, 3.05) is 0 Å². The van der Waals surface area contributed by atoms with Gasteiger partial charge >= 0.3 is 42.1 Å². The molecule has 0 saturated heterocycles. The number of pyridine rings is 2. The molecule has 0 aliphatic carbocycles. The Morgan fingerprint density at radius 3 is 1.18 bits per heavy atom. The minimum absolute atomic E-state index is 0.106. The number of nitrogens with zero attached hydrogens (tertiary/aromatic N) is 8. The molecule has 8 heterocycles. The van der Waals surface area contributed by atoms with Crippen molar-refractivity contribution in [2.45, 2.75) is 0 Å². The fraction of sp³-hybridized carbons (Fsp3) is 0. The summed E-state index contributed by atoms with van der Waals surface area (Å²) in [5.74, 6) is 0. The van der Waals surface area contributed by atoms with Gasteiger partial charge in [0.1, 0.15) is 29.4 Å².